The lowest BCUT2D eigenvalue weighted by Crippen LogP contribution is -1.91. The third-order valence-electron chi connectivity index (χ3n) is 2.92. The number of thioether (sulfide) groups is 6. The fourth-order valence-corrected chi connectivity index (χ4v) is 7.49. The van der Waals surface area contributed by atoms with E-state index in [9.17, 15) is 0 Å². The van der Waals surface area contributed by atoms with Crippen LogP contribution in [-0.2, 0) is 0 Å². The van der Waals surface area contributed by atoms with E-state index in [0.29, 0.717) is 25.7 Å². The van der Waals surface area contributed by atoms with E-state index < -0.39 is 0 Å². The summed E-state index contributed by atoms with van der Waals surface area (Å²) < 4.78 is 0. The van der Waals surface area contributed by atoms with Crippen molar-refractivity contribution < 1.29 is 0 Å². The first-order valence-corrected chi connectivity index (χ1v) is 16.7. The van der Waals surface area contributed by atoms with Crippen LogP contribution in [-0.4, -0.2) is 69.0 Å². The van der Waals surface area contributed by atoms with Gasteiger partial charge in [-0.05, 0) is 0 Å². The fourth-order valence-electron chi connectivity index (χ4n) is 1.56. The van der Waals surface area contributed by atoms with Crippen molar-refractivity contribution in [2.24, 2.45) is 0 Å². The Labute approximate surface area is 209 Å². The number of nitriles is 4. The first-order chi connectivity index (χ1) is 14.8. The van der Waals surface area contributed by atoms with Gasteiger partial charge in [0.15, 0.2) is 0 Å². The van der Waals surface area contributed by atoms with Crippen LogP contribution in [0.15, 0.2) is 0 Å². The van der Waals surface area contributed by atoms with Crippen LogP contribution in [0.5, 0.6) is 0 Å². The molecule has 0 amide bonds. The Morgan fingerprint density at radius 1 is 0.300 bits per heavy atom. The highest BCUT2D eigenvalue weighted by atomic mass is 32.2. The molecule has 0 heterocycles. The van der Waals surface area contributed by atoms with Crippen molar-refractivity contribution >= 4 is 70.6 Å². The van der Waals surface area contributed by atoms with E-state index in [1.165, 1.54) is 23.0 Å². The summed E-state index contributed by atoms with van der Waals surface area (Å²) >= 11 is 11.3. The van der Waals surface area contributed by atoms with Gasteiger partial charge in [0.25, 0.3) is 0 Å². The SMILES string of the molecule is N#CCCSCCSCCSCCC#N.N#CCCSCCSCCSCCC#N. The minimum absolute atomic E-state index is 0.666. The van der Waals surface area contributed by atoms with Gasteiger partial charge in [0.05, 0.1) is 24.3 Å². The topological polar surface area (TPSA) is 95.2 Å². The summed E-state index contributed by atoms with van der Waals surface area (Å²) in [4.78, 5) is 0. The van der Waals surface area contributed by atoms with Crippen molar-refractivity contribution in [1.82, 2.24) is 0 Å². The maximum Gasteiger partial charge on any atom is 0.0630 e. The molecule has 0 fully saturated rings. The molecule has 30 heavy (non-hydrogen) atoms. The second kappa shape index (κ2) is 33.7. The van der Waals surface area contributed by atoms with Crippen molar-refractivity contribution in [1.29, 1.82) is 21.0 Å². The molecule has 0 aliphatic carbocycles. The molecule has 0 atom stereocenters. The third kappa shape index (κ3) is 35.5. The zero-order valence-corrected chi connectivity index (χ0v) is 22.5. The zero-order valence-electron chi connectivity index (χ0n) is 17.6. The lowest BCUT2D eigenvalue weighted by Gasteiger charge is -2.00. The van der Waals surface area contributed by atoms with Crippen molar-refractivity contribution in [2.75, 3.05) is 69.0 Å². The average molecular weight is 521 g/mol. The van der Waals surface area contributed by atoms with Gasteiger partial charge in [-0.25, -0.2) is 0 Å². The molecule has 0 aromatic rings. The standard InChI is InChI=1S/2C10H16N2S3/c2*11-3-1-5-13-7-9-15-10-8-14-6-2-4-12/h2*1-2,5-10H2. The highest BCUT2D eigenvalue weighted by Crippen LogP contribution is 2.12. The van der Waals surface area contributed by atoms with Gasteiger partial charge >= 0.3 is 0 Å². The summed E-state index contributed by atoms with van der Waals surface area (Å²) in [6.07, 6.45) is 2.66. The first-order valence-electron chi connectivity index (χ1n) is 9.77. The first kappa shape index (κ1) is 32.2. The lowest BCUT2D eigenvalue weighted by molar-refractivity contribution is 1.24. The summed E-state index contributed by atoms with van der Waals surface area (Å²) in [5.41, 5.74) is 0. The molecule has 0 aromatic heterocycles. The minimum atomic E-state index is 0.666. The molecule has 0 unspecified atom stereocenters. The number of nitrogens with zero attached hydrogens (tertiary/aromatic N) is 4. The molecule has 0 rings (SSSR count). The Bertz CT molecular complexity index is 417. The smallest absolute Gasteiger partial charge is 0.0630 e. The molecule has 0 radical (unpaired) electrons. The van der Waals surface area contributed by atoms with Crippen LogP contribution < -0.4 is 0 Å². The second-order valence-electron chi connectivity index (χ2n) is 5.31. The molecular weight excluding hydrogens is 489 g/mol. The van der Waals surface area contributed by atoms with Crippen molar-refractivity contribution in [3.05, 3.63) is 0 Å². The van der Waals surface area contributed by atoms with E-state index in [0.717, 1.165) is 46.0 Å². The van der Waals surface area contributed by atoms with Crippen molar-refractivity contribution in [2.45, 2.75) is 25.7 Å². The third-order valence-corrected chi connectivity index (χ3v) is 9.87. The van der Waals surface area contributed by atoms with E-state index >= 15 is 0 Å². The molecule has 0 aromatic carbocycles. The van der Waals surface area contributed by atoms with E-state index in [1.807, 2.05) is 70.6 Å². The fraction of sp³-hybridized carbons (Fsp3) is 0.800. The molecule has 0 saturated heterocycles. The van der Waals surface area contributed by atoms with Crippen LogP contribution in [0.1, 0.15) is 25.7 Å². The molecule has 0 aliphatic rings. The molecule has 0 N–H and O–H groups in total. The molecule has 0 spiro atoms. The molecule has 10 heteroatoms. The molecule has 0 bridgehead atoms. The van der Waals surface area contributed by atoms with E-state index in [-0.39, 0.29) is 0 Å². The van der Waals surface area contributed by atoms with Gasteiger partial charge < -0.3 is 0 Å². The van der Waals surface area contributed by atoms with Crippen LogP contribution in [0.3, 0.4) is 0 Å². The average Bonchev–Trinajstić information content (AvgIpc) is 2.76. The van der Waals surface area contributed by atoms with Crippen LogP contribution in [0, 0.1) is 45.3 Å². The highest BCUT2D eigenvalue weighted by molar-refractivity contribution is 8.05. The maximum atomic E-state index is 8.32. The monoisotopic (exact) mass is 520 g/mol. The zero-order chi connectivity index (χ0) is 22.4. The molecule has 0 saturated carbocycles. The van der Waals surface area contributed by atoms with E-state index in [2.05, 4.69) is 24.3 Å². The Hall–Kier alpha value is 0.0600. The van der Waals surface area contributed by atoms with Crippen molar-refractivity contribution in [3.8, 4) is 24.3 Å². The van der Waals surface area contributed by atoms with Gasteiger partial charge in [-0.1, -0.05) is 0 Å². The van der Waals surface area contributed by atoms with Gasteiger partial charge in [0, 0.05) is 94.7 Å². The van der Waals surface area contributed by atoms with Gasteiger partial charge in [0.1, 0.15) is 0 Å². The minimum Gasteiger partial charge on any atom is -0.198 e. The Morgan fingerprint density at radius 2 is 0.467 bits per heavy atom. The van der Waals surface area contributed by atoms with Crippen LogP contribution >= 0.6 is 70.6 Å². The Balaban J connectivity index is 0. The normalized spacial score (nSPS) is 9.47. The van der Waals surface area contributed by atoms with Gasteiger partial charge in [-0.3, -0.25) is 0 Å². The molecular formula is C20H32N4S6. The molecule has 168 valence electrons. The Kier molecular flexibility index (Phi) is 36.2. The van der Waals surface area contributed by atoms with Gasteiger partial charge in [0.2, 0.25) is 0 Å². The largest absolute Gasteiger partial charge is 0.198 e. The predicted molar refractivity (Wildman–Crippen MR) is 145 cm³/mol. The number of hydrogen-bond donors (Lipinski definition) is 0. The predicted octanol–water partition coefficient (Wildman–Crippen LogP) is 6.03. The summed E-state index contributed by atoms with van der Waals surface area (Å²) in [5.74, 6) is 13.2. The van der Waals surface area contributed by atoms with E-state index in [4.69, 9.17) is 21.0 Å². The lowest BCUT2D eigenvalue weighted by atomic mass is 10.6. The van der Waals surface area contributed by atoms with Crippen LogP contribution in [0.2, 0.25) is 0 Å². The second-order valence-corrected chi connectivity index (χ2v) is 12.7. The summed E-state index contributed by atoms with van der Waals surface area (Å²) in [5, 5.41) is 33.3. The van der Waals surface area contributed by atoms with Crippen LogP contribution in [0.25, 0.3) is 0 Å². The van der Waals surface area contributed by atoms with Crippen LogP contribution in [0.4, 0.5) is 0 Å². The quantitative estimate of drug-likeness (QED) is 0.177. The van der Waals surface area contributed by atoms with Crippen molar-refractivity contribution in [3.63, 3.8) is 0 Å². The molecule has 4 nitrogen and oxygen atoms in total. The number of hydrogen-bond acceptors (Lipinski definition) is 10. The summed E-state index contributed by atoms with van der Waals surface area (Å²) in [6.45, 7) is 0. The Morgan fingerprint density at radius 3 is 0.633 bits per heavy atom. The summed E-state index contributed by atoms with van der Waals surface area (Å²) in [7, 11) is 0. The van der Waals surface area contributed by atoms with Gasteiger partial charge in [-0.2, -0.15) is 91.6 Å². The summed E-state index contributed by atoms with van der Waals surface area (Å²) in [6, 6.07) is 8.56. The highest BCUT2D eigenvalue weighted by Gasteiger charge is 1.93. The molecule has 0 aliphatic heterocycles. The number of rotatable bonds is 20. The van der Waals surface area contributed by atoms with E-state index in [1.54, 1.807) is 0 Å². The maximum absolute atomic E-state index is 8.32. The van der Waals surface area contributed by atoms with Gasteiger partial charge in [-0.15, -0.1) is 0 Å².